The summed E-state index contributed by atoms with van der Waals surface area (Å²) in [5.41, 5.74) is -0.528. The van der Waals surface area contributed by atoms with Crippen LogP contribution in [0.3, 0.4) is 0 Å². The first kappa shape index (κ1) is 9.16. The van der Waals surface area contributed by atoms with Crippen LogP contribution >= 0.6 is 0 Å². The van der Waals surface area contributed by atoms with Gasteiger partial charge in [0.15, 0.2) is 0 Å². The summed E-state index contributed by atoms with van der Waals surface area (Å²) in [6.07, 6.45) is 0. The molecule has 2 nitrogen and oxygen atoms in total. The second-order valence-corrected chi connectivity index (χ2v) is 3.16. The van der Waals surface area contributed by atoms with Crippen LogP contribution in [0.4, 0.5) is 8.78 Å². The van der Waals surface area contributed by atoms with E-state index in [1.54, 1.807) is 13.0 Å². The monoisotopic (exact) mass is 175 g/mol. The second kappa shape index (κ2) is 3.21. The Morgan fingerprint density at radius 3 is 2.42 bits per heavy atom. The number of hydrogen-bond acceptors (Lipinski definition) is 2. The maximum Gasteiger partial charge on any atom is 0.148 e. The van der Waals surface area contributed by atoms with Crippen LogP contribution in [-0.4, -0.2) is 18.5 Å². The predicted molar refractivity (Wildman–Crippen MR) is 40.5 cm³/mol. The van der Waals surface area contributed by atoms with Crippen LogP contribution in [0.15, 0.2) is 10.6 Å². The average Bonchev–Trinajstić information content (AvgIpc) is 2.51. The van der Waals surface area contributed by atoms with Crippen LogP contribution in [0, 0.1) is 6.92 Å². The van der Waals surface area contributed by atoms with Gasteiger partial charge in [-0.15, -0.1) is 0 Å². The van der Waals surface area contributed by atoms with E-state index in [4.69, 9.17) is 4.52 Å². The molecule has 12 heavy (non-hydrogen) atoms. The van der Waals surface area contributed by atoms with Crippen molar-refractivity contribution in [1.82, 2.24) is 5.16 Å². The minimum Gasteiger partial charge on any atom is -0.360 e. The minimum atomic E-state index is -1.17. The lowest BCUT2D eigenvalue weighted by Gasteiger charge is -2.17. The van der Waals surface area contributed by atoms with Gasteiger partial charge in [-0.25, -0.2) is 8.78 Å². The molecule has 0 amide bonds. The van der Waals surface area contributed by atoms with Gasteiger partial charge in [-0.05, 0) is 13.8 Å². The van der Waals surface area contributed by atoms with E-state index in [1.165, 1.54) is 6.92 Å². The summed E-state index contributed by atoms with van der Waals surface area (Å²) in [5.74, 6) is 0.269. The van der Waals surface area contributed by atoms with Gasteiger partial charge in [-0.3, -0.25) is 0 Å². The topological polar surface area (TPSA) is 26.0 Å². The molecule has 0 N–H and O–H groups in total. The summed E-state index contributed by atoms with van der Waals surface area (Å²) in [6, 6.07) is 1.55. The van der Waals surface area contributed by atoms with E-state index in [-0.39, 0.29) is 5.76 Å². The Bertz CT molecular complexity index is 255. The van der Waals surface area contributed by atoms with Crippen molar-refractivity contribution in [2.45, 2.75) is 19.3 Å². The summed E-state index contributed by atoms with van der Waals surface area (Å²) < 4.78 is 29.6. The van der Waals surface area contributed by atoms with E-state index in [2.05, 4.69) is 5.16 Å². The van der Waals surface area contributed by atoms with Gasteiger partial charge in [-0.2, -0.15) is 0 Å². The molecule has 1 aromatic heterocycles. The maximum absolute atomic E-state index is 12.4. The average molecular weight is 175 g/mol. The summed E-state index contributed by atoms with van der Waals surface area (Å²) in [6.45, 7) is 1.62. The zero-order valence-corrected chi connectivity index (χ0v) is 7.10. The molecule has 68 valence electrons. The molecule has 0 atom stereocenters. The molecule has 0 aliphatic rings. The number of alkyl halides is 2. The van der Waals surface area contributed by atoms with Gasteiger partial charge in [0.25, 0.3) is 0 Å². The number of nitrogens with zero attached hydrogens (tertiary/aromatic N) is 1. The SMILES string of the molecule is Cc1cc(C(C)(CF)CF)on1. The number of halogens is 2. The molecular formula is C8H11F2NO. The Kier molecular flexibility index (Phi) is 2.45. The lowest BCUT2D eigenvalue weighted by Crippen LogP contribution is -2.26. The van der Waals surface area contributed by atoms with Gasteiger partial charge in [0.1, 0.15) is 19.1 Å². The fraction of sp³-hybridized carbons (Fsp3) is 0.625. The van der Waals surface area contributed by atoms with Crippen molar-refractivity contribution in [2.24, 2.45) is 0 Å². The fourth-order valence-corrected chi connectivity index (χ4v) is 0.815. The predicted octanol–water partition coefficient (Wildman–Crippen LogP) is 2.18. The molecule has 0 bridgehead atoms. The lowest BCUT2D eigenvalue weighted by atomic mass is 9.91. The Morgan fingerprint density at radius 2 is 2.08 bits per heavy atom. The third-order valence-electron chi connectivity index (χ3n) is 1.81. The fourth-order valence-electron chi connectivity index (χ4n) is 0.815. The molecule has 4 heteroatoms. The van der Waals surface area contributed by atoms with Crippen LogP contribution in [0.1, 0.15) is 18.4 Å². The molecule has 0 unspecified atom stereocenters. The van der Waals surface area contributed by atoms with E-state index in [0.29, 0.717) is 5.69 Å². The summed E-state index contributed by atoms with van der Waals surface area (Å²) in [4.78, 5) is 0. The molecule has 1 rings (SSSR count). The largest absolute Gasteiger partial charge is 0.360 e. The molecule has 0 saturated heterocycles. The quantitative estimate of drug-likeness (QED) is 0.703. The van der Waals surface area contributed by atoms with Crippen molar-refractivity contribution >= 4 is 0 Å². The Balaban J connectivity index is 2.94. The molecule has 1 aromatic rings. The van der Waals surface area contributed by atoms with Crippen molar-refractivity contribution in [3.63, 3.8) is 0 Å². The van der Waals surface area contributed by atoms with E-state index in [0.717, 1.165) is 0 Å². The lowest BCUT2D eigenvalue weighted by molar-refractivity contribution is 0.206. The third kappa shape index (κ3) is 1.47. The zero-order valence-electron chi connectivity index (χ0n) is 7.10. The Hall–Kier alpha value is -0.930. The van der Waals surface area contributed by atoms with E-state index in [9.17, 15) is 8.78 Å². The van der Waals surface area contributed by atoms with Crippen LogP contribution in [0.25, 0.3) is 0 Å². The van der Waals surface area contributed by atoms with Crippen molar-refractivity contribution in [3.8, 4) is 0 Å². The zero-order chi connectivity index (χ0) is 9.19. The summed E-state index contributed by atoms with van der Waals surface area (Å²) >= 11 is 0. The number of aryl methyl sites for hydroxylation is 1. The molecule has 1 heterocycles. The molecule has 0 radical (unpaired) electrons. The summed E-state index contributed by atoms with van der Waals surface area (Å²) in [5, 5.41) is 3.57. The van der Waals surface area contributed by atoms with Gasteiger partial charge >= 0.3 is 0 Å². The van der Waals surface area contributed by atoms with E-state index < -0.39 is 18.8 Å². The normalized spacial score (nSPS) is 12.0. The van der Waals surface area contributed by atoms with E-state index >= 15 is 0 Å². The standard InChI is InChI=1S/C8H11F2NO/c1-6-3-7(12-11-6)8(2,4-9)5-10/h3H,4-5H2,1-2H3. The van der Waals surface area contributed by atoms with Crippen molar-refractivity contribution in [3.05, 3.63) is 17.5 Å². The van der Waals surface area contributed by atoms with Gasteiger partial charge in [0.05, 0.1) is 11.1 Å². The van der Waals surface area contributed by atoms with Crippen molar-refractivity contribution < 1.29 is 13.3 Å². The number of hydrogen-bond donors (Lipinski definition) is 0. The highest BCUT2D eigenvalue weighted by Gasteiger charge is 2.31. The van der Waals surface area contributed by atoms with E-state index in [1.807, 2.05) is 0 Å². The first-order chi connectivity index (χ1) is 5.62. The van der Waals surface area contributed by atoms with Gasteiger partial charge in [0.2, 0.25) is 0 Å². The van der Waals surface area contributed by atoms with Crippen LogP contribution in [0.2, 0.25) is 0 Å². The molecule has 0 fully saturated rings. The first-order valence-electron chi connectivity index (χ1n) is 3.68. The van der Waals surface area contributed by atoms with Crippen molar-refractivity contribution in [1.29, 1.82) is 0 Å². The van der Waals surface area contributed by atoms with Crippen LogP contribution in [-0.2, 0) is 5.41 Å². The van der Waals surface area contributed by atoms with Gasteiger partial charge < -0.3 is 4.52 Å². The maximum atomic E-state index is 12.4. The molecule has 0 spiro atoms. The number of rotatable bonds is 3. The Morgan fingerprint density at radius 1 is 1.50 bits per heavy atom. The van der Waals surface area contributed by atoms with Crippen molar-refractivity contribution in [2.75, 3.05) is 13.3 Å². The molecule has 0 aliphatic carbocycles. The highest BCUT2D eigenvalue weighted by atomic mass is 19.1. The molecular weight excluding hydrogens is 164 g/mol. The minimum absolute atomic E-state index is 0.269. The highest BCUT2D eigenvalue weighted by Crippen LogP contribution is 2.25. The molecule has 0 saturated carbocycles. The smallest absolute Gasteiger partial charge is 0.148 e. The molecule has 0 aromatic carbocycles. The Labute approximate surface area is 69.6 Å². The van der Waals surface area contributed by atoms with Gasteiger partial charge in [-0.1, -0.05) is 5.16 Å². The third-order valence-corrected chi connectivity index (χ3v) is 1.81. The number of aromatic nitrogens is 1. The summed E-state index contributed by atoms with van der Waals surface area (Å²) in [7, 11) is 0. The van der Waals surface area contributed by atoms with Gasteiger partial charge in [0, 0.05) is 6.07 Å². The van der Waals surface area contributed by atoms with Crippen LogP contribution in [0.5, 0.6) is 0 Å². The van der Waals surface area contributed by atoms with Crippen LogP contribution < -0.4 is 0 Å². The first-order valence-corrected chi connectivity index (χ1v) is 3.68. The second-order valence-electron chi connectivity index (χ2n) is 3.16. The highest BCUT2D eigenvalue weighted by molar-refractivity contribution is 5.14. The molecule has 0 aliphatic heterocycles.